The van der Waals surface area contributed by atoms with Gasteiger partial charge in [0, 0.05) is 44.1 Å². The zero-order chi connectivity index (χ0) is 21.9. The predicted molar refractivity (Wildman–Crippen MR) is 102 cm³/mol. The second-order valence-electron chi connectivity index (χ2n) is 7.58. The molecule has 3 rings (SSSR count). The van der Waals surface area contributed by atoms with Crippen LogP contribution in [0.2, 0.25) is 0 Å². The molecule has 30 heavy (non-hydrogen) atoms. The van der Waals surface area contributed by atoms with Crippen LogP contribution in [0.1, 0.15) is 31.2 Å². The molecule has 2 amide bonds. The Balaban J connectivity index is 1.51. The quantitative estimate of drug-likeness (QED) is 0.394. The fourth-order valence-corrected chi connectivity index (χ4v) is 3.50. The van der Waals surface area contributed by atoms with Crippen LogP contribution in [0.25, 0.3) is 0 Å². The van der Waals surface area contributed by atoms with Gasteiger partial charge < -0.3 is 15.5 Å². The normalized spacial score (nSPS) is 17.5. The molecular weight excluding hydrogens is 405 g/mol. The van der Waals surface area contributed by atoms with Gasteiger partial charge in [0.15, 0.2) is 0 Å². The minimum absolute atomic E-state index is 0.00990. The lowest BCUT2D eigenvalue weighted by atomic mass is 9.95. The van der Waals surface area contributed by atoms with Crippen molar-refractivity contribution in [1.29, 1.82) is 0 Å². The van der Waals surface area contributed by atoms with Gasteiger partial charge in [-0.15, -0.1) is 0 Å². The molecular formula is C19H23F3N4O4. The molecule has 2 N–H and O–H groups in total. The van der Waals surface area contributed by atoms with Gasteiger partial charge in [-0.05, 0) is 37.8 Å². The van der Waals surface area contributed by atoms with Crippen molar-refractivity contribution in [3.63, 3.8) is 0 Å². The standard InChI is InChI=1S/C19H23F3N4O4/c20-19(21,22)14-3-4-15(16(11-14)26(29)30)25-9-5-13(6-10-25)18(28)24-8-7-23-17(27)12-1-2-12/h3-4,11-13H,1-2,5-10H2,(H,23,27)(H,24,28). The number of hydrogen-bond donors (Lipinski definition) is 2. The molecule has 0 atom stereocenters. The molecule has 1 aliphatic heterocycles. The first-order chi connectivity index (χ1) is 14.2. The van der Waals surface area contributed by atoms with Crippen molar-refractivity contribution in [2.75, 3.05) is 31.1 Å². The maximum atomic E-state index is 12.9. The molecule has 8 nitrogen and oxygen atoms in total. The van der Waals surface area contributed by atoms with Crippen molar-refractivity contribution < 1.29 is 27.7 Å². The van der Waals surface area contributed by atoms with Crippen LogP contribution in [0.4, 0.5) is 24.5 Å². The summed E-state index contributed by atoms with van der Waals surface area (Å²) in [5.41, 5.74) is -1.55. The maximum absolute atomic E-state index is 12.9. The Labute approximate surface area is 170 Å². The summed E-state index contributed by atoms with van der Waals surface area (Å²) in [4.78, 5) is 35.9. The van der Waals surface area contributed by atoms with Crippen LogP contribution in [0.15, 0.2) is 18.2 Å². The van der Waals surface area contributed by atoms with Crippen molar-refractivity contribution in [1.82, 2.24) is 10.6 Å². The summed E-state index contributed by atoms with van der Waals surface area (Å²) in [7, 11) is 0. The van der Waals surface area contributed by atoms with E-state index < -0.39 is 22.4 Å². The average molecular weight is 428 g/mol. The fraction of sp³-hybridized carbons (Fsp3) is 0.579. The number of piperidine rings is 1. The monoisotopic (exact) mass is 428 g/mol. The second kappa shape index (κ2) is 8.88. The van der Waals surface area contributed by atoms with Gasteiger partial charge in [-0.2, -0.15) is 13.2 Å². The van der Waals surface area contributed by atoms with Gasteiger partial charge in [0.25, 0.3) is 5.69 Å². The topological polar surface area (TPSA) is 105 Å². The number of alkyl halides is 3. The zero-order valence-electron chi connectivity index (χ0n) is 16.2. The molecule has 0 bridgehead atoms. The summed E-state index contributed by atoms with van der Waals surface area (Å²) in [6, 6.07) is 2.49. The third-order valence-electron chi connectivity index (χ3n) is 5.38. The third kappa shape index (κ3) is 5.39. The van der Waals surface area contributed by atoms with Crippen molar-refractivity contribution in [3.8, 4) is 0 Å². The molecule has 0 spiro atoms. The molecule has 0 aromatic heterocycles. The molecule has 2 aliphatic rings. The van der Waals surface area contributed by atoms with Crippen LogP contribution in [0.3, 0.4) is 0 Å². The summed E-state index contributed by atoms with van der Waals surface area (Å²) < 4.78 is 38.6. The van der Waals surface area contributed by atoms with E-state index in [9.17, 15) is 32.9 Å². The highest BCUT2D eigenvalue weighted by Gasteiger charge is 2.35. The third-order valence-corrected chi connectivity index (χ3v) is 5.38. The molecule has 1 saturated heterocycles. The van der Waals surface area contributed by atoms with E-state index >= 15 is 0 Å². The number of amides is 2. The largest absolute Gasteiger partial charge is 0.416 e. The Morgan fingerprint density at radius 3 is 2.03 bits per heavy atom. The highest BCUT2D eigenvalue weighted by atomic mass is 19.4. The molecule has 1 aliphatic carbocycles. The van der Waals surface area contributed by atoms with Crippen LogP contribution in [0, 0.1) is 22.0 Å². The number of benzene rings is 1. The average Bonchev–Trinajstić information content (AvgIpc) is 3.55. The van der Waals surface area contributed by atoms with Gasteiger partial charge in [0.05, 0.1) is 10.5 Å². The van der Waals surface area contributed by atoms with E-state index in [1.54, 1.807) is 4.90 Å². The second-order valence-corrected chi connectivity index (χ2v) is 7.58. The van der Waals surface area contributed by atoms with Gasteiger partial charge in [-0.1, -0.05) is 0 Å². The van der Waals surface area contributed by atoms with Crippen molar-refractivity contribution in [2.45, 2.75) is 31.9 Å². The van der Waals surface area contributed by atoms with E-state index in [4.69, 9.17) is 0 Å². The van der Waals surface area contributed by atoms with Gasteiger partial charge in [0.2, 0.25) is 11.8 Å². The number of nitrogens with one attached hydrogen (secondary N) is 2. The van der Waals surface area contributed by atoms with E-state index in [0.717, 1.165) is 25.0 Å². The Morgan fingerprint density at radius 2 is 1.57 bits per heavy atom. The van der Waals surface area contributed by atoms with Gasteiger partial charge in [-0.3, -0.25) is 19.7 Å². The Morgan fingerprint density at radius 1 is 1.03 bits per heavy atom. The van der Waals surface area contributed by atoms with E-state index in [2.05, 4.69) is 10.6 Å². The molecule has 1 saturated carbocycles. The molecule has 1 heterocycles. The molecule has 2 fully saturated rings. The van der Waals surface area contributed by atoms with Crippen LogP contribution < -0.4 is 15.5 Å². The number of nitrogens with zero attached hydrogens (tertiary/aromatic N) is 2. The van der Waals surface area contributed by atoms with E-state index in [0.29, 0.717) is 45.1 Å². The SMILES string of the molecule is O=C(NCCNC(=O)C1CCN(c2ccc(C(F)(F)F)cc2[N+](=O)[O-])CC1)C1CC1. The van der Waals surface area contributed by atoms with Crippen LogP contribution in [-0.2, 0) is 15.8 Å². The molecule has 164 valence electrons. The van der Waals surface area contributed by atoms with Crippen molar-refractivity contribution in [3.05, 3.63) is 33.9 Å². The highest BCUT2D eigenvalue weighted by molar-refractivity contribution is 5.81. The summed E-state index contributed by atoms with van der Waals surface area (Å²) in [6.07, 6.45) is -1.98. The lowest BCUT2D eigenvalue weighted by molar-refractivity contribution is -0.384. The molecule has 0 radical (unpaired) electrons. The van der Waals surface area contributed by atoms with E-state index in [1.807, 2.05) is 0 Å². The predicted octanol–water partition coefficient (Wildman–Crippen LogP) is 2.47. The van der Waals surface area contributed by atoms with Crippen LogP contribution in [-0.4, -0.2) is 42.9 Å². The maximum Gasteiger partial charge on any atom is 0.416 e. The number of nitro groups is 1. The van der Waals surface area contributed by atoms with Crippen molar-refractivity contribution in [2.24, 2.45) is 11.8 Å². The first-order valence-corrected chi connectivity index (χ1v) is 9.83. The zero-order valence-corrected chi connectivity index (χ0v) is 16.2. The number of nitro benzene ring substituents is 1. The number of carbonyl (C=O) groups excluding carboxylic acids is 2. The number of rotatable bonds is 7. The number of hydrogen-bond acceptors (Lipinski definition) is 5. The van der Waals surface area contributed by atoms with Gasteiger partial charge in [0.1, 0.15) is 5.69 Å². The van der Waals surface area contributed by atoms with Crippen molar-refractivity contribution >= 4 is 23.2 Å². The van der Waals surface area contributed by atoms with Crippen LogP contribution >= 0.6 is 0 Å². The molecule has 1 aromatic carbocycles. The number of carbonyl (C=O) groups is 2. The molecule has 11 heteroatoms. The molecule has 1 aromatic rings. The number of anilines is 1. The summed E-state index contributed by atoms with van der Waals surface area (Å²) in [5, 5.41) is 16.8. The summed E-state index contributed by atoms with van der Waals surface area (Å²) in [5.74, 6) is -0.318. The fourth-order valence-electron chi connectivity index (χ4n) is 3.50. The summed E-state index contributed by atoms with van der Waals surface area (Å²) in [6.45, 7) is 1.32. The lowest BCUT2D eigenvalue weighted by Crippen LogP contribution is -2.42. The minimum Gasteiger partial charge on any atom is -0.366 e. The summed E-state index contributed by atoms with van der Waals surface area (Å²) >= 11 is 0. The molecule has 0 unspecified atom stereocenters. The minimum atomic E-state index is -4.66. The number of halogens is 3. The van der Waals surface area contributed by atoms with E-state index in [1.165, 1.54) is 0 Å². The highest BCUT2D eigenvalue weighted by Crippen LogP contribution is 2.37. The smallest absolute Gasteiger partial charge is 0.366 e. The Hall–Kier alpha value is -2.85. The van der Waals surface area contributed by atoms with Crippen LogP contribution in [0.5, 0.6) is 0 Å². The first kappa shape index (κ1) is 21.8. The Bertz CT molecular complexity index is 818. The first-order valence-electron chi connectivity index (χ1n) is 9.83. The van der Waals surface area contributed by atoms with E-state index in [-0.39, 0.29) is 29.3 Å². The van der Waals surface area contributed by atoms with Gasteiger partial charge >= 0.3 is 6.18 Å². The van der Waals surface area contributed by atoms with Gasteiger partial charge in [-0.25, -0.2) is 0 Å². The lowest BCUT2D eigenvalue weighted by Gasteiger charge is -2.32. The Kier molecular flexibility index (Phi) is 6.47.